The third-order valence-electron chi connectivity index (χ3n) is 3.83. The van der Waals surface area contributed by atoms with Gasteiger partial charge in [-0.1, -0.05) is 36.4 Å². The molecule has 0 radical (unpaired) electrons. The van der Waals surface area contributed by atoms with Gasteiger partial charge in [-0.15, -0.1) is 0 Å². The van der Waals surface area contributed by atoms with Crippen molar-refractivity contribution in [2.75, 3.05) is 18.3 Å². The molecule has 3 nitrogen and oxygen atoms in total. The van der Waals surface area contributed by atoms with E-state index < -0.39 is 0 Å². The fraction of sp³-hybridized carbons (Fsp3) is 0.250. The van der Waals surface area contributed by atoms with Gasteiger partial charge in [0.05, 0.1) is 24.9 Å². The zero-order valence-corrected chi connectivity index (χ0v) is 10.5. The fourth-order valence-corrected chi connectivity index (χ4v) is 2.92. The number of ether oxygens (including phenoxy) is 1. The second-order valence-corrected chi connectivity index (χ2v) is 5.01. The van der Waals surface area contributed by atoms with Crippen molar-refractivity contribution in [3.8, 4) is 5.75 Å². The van der Waals surface area contributed by atoms with E-state index in [2.05, 4.69) is 24.3 Å². The predicted octanol–water partition coefficient (Wildman–Crippen LogP) is 3.19. The van der Waals surface area contributed by atoms with Crippen LogP contribution in [0.4, 0.5) is 5.69 Å². The second kappa shape index (κ2) is 4.28. The van der Waals surface area contributed by atoms with E-state index in [1.165, 1.54) is 5.56 Å². The van der Waals surface area contributed by atoms with Crippen LogP contribution in [0.5, 0.6) is 5.75 Å². The molecule has 0 unspecified atom stereocenters. The van der Waals surface area contributed by atoms with Crippen LogP contribution in [-0.4, -0.2) is 13.2 Å². The number of para-hydroxylation sites is 2. The van der Waals surface area contributed by atoms with Crippen LogP contribution in [0.15, 0.2) is 54.6 Å². The van der Waals surface area contributed by atoms with E-state index in [0.717, 1.165) is 18.0 Å². The summed E-state index contributed by atoms with van der Waals surface area (Å²) >= 11 is 0. The van der Waals surface area contributed by atoms with Crippen molar-refractivity contribution in [2.24, 2.45) is 5.92 Å². The van der Waals surface area contributed by atoms with Gasteiger partial charge in [0.25, 0.3) is 0 Å². The summed E-state index contributed by atoms with van der Waals surface area (Å²) in [5.74, 6) is 1.38. The summed E-state index contributed by atoms with van der Waals surface area (Å²) in [5.41, 5.74) is 2.33. The molecule has 2 atom stereocenters. The highest BCUT2D eigenvalue weighted by Gasteiger charge is 2.41. The normalized spacial score (nSPS) is 24.5. The molecule has 0 N–H and O–H groups in total. The van der Waals surface area contributed by atoms with Crippen LogP contribution >= 0.6 is 0 Å². The highest BCUT2D eigenvalue weighted by molar-refractivity contribution is 5.50. The number of anilines is 1. The average molecular weight is 253 g/mol. The first-order chi connectivity index (χ1) is 9.43. The van der Waals surface area contributed by atoms with Crippen molar-refractivity contribution >= 4 is 5.69 Å². The molecule has 2 heterocycles. The molecule has 2 aliphatic heterocycles. The molecular formula is C16H15NO2. The zero-order valence-electron chi connectivity index (χ0n) is 10.5. The predicted molar refractivity (Wildman–Crippen MR) is 73.0 cm³/mol. The summed E-state index contributed by atoms with van der Waals surface area (Å²) in [7, 11) is 0. The molecule has 19 heavy (non-hydrogen) atoms. The Bertz CT molecular complexity index is 584. The van der Waals surface area contributed by atoms with Crippen LogP contribution in [0.2, 0.25) is 0 Å². The van der Waals surface area contributed by atoms with Gasteiger partial charge in [0.2, 0.25) is 0 Å². The first-order valence-corrected chi connectivity index (χ1v) is 6.62. The molecule has 2 aromatic rings. The lowest BCUT2D eigenvalue weighted by atomic mass is 9.91. The molecule has 96 valence electrons. The van der Waals surface area contributed by atoms with Crippen molar-refractivity contribution < 1.29 is 9.57 Å². The van der Waals surface area contributed by atoms with E-state index in [1.807, 2.05) is 35.4 Å². The van der Waals surface area contributed by atoms with Gasteiger partial charge in [-0.3, -0.25) is 4.84 Å². The monoisotopic (exact) mass is 253 g/mol. The van der Waals surface area contributed by atoms with Gasteiger partial charge in [0.1, 0.15) is 5.75 Å². The van der Waals surface area contributed by atoms with Crippen LogP contribution in [0.25, 0.3) is 0 Å². The number of hydrogen-bond donors (Lipinski definition) is 0. The Morgan fingerprint density at radius 3 is 2.58 bits per heavy atom. The number of rotatable bonds is 1. The van der Waals surface area contributed by atoms with Gasteiger partial charge in [-0.05, 0) is 18.2 Å². The first kappa shape index (κ1) is 10.9. The Morgan fingerprint density at radius 2 is 1.68 bits per heavy atom. The van der Waals surface area contributed by atoms with Gasteiger partial charge in [-0.2, -0.15) is 0 Å². The lowest BCUT2D eigenvalue weighted by Crippen LogP contribution is -2.30. The van der Waals surface area contributed by atoms with Crippen LogP contribution in [0.1, 0.15) is 11.6 Å². The third kappa shape index (κ3) is 1.70. The van der Waals surface area contributed by atoms with Gasteiger partial charge in [0.15, 0.2) is 0 Å². The van der Waals surface area contributed by atoms with Crippen molar-refractivity contribution in [1.82, 2.24) is 0 Å². The topological polar surface area (TPSA) is 21.7 Å². The van der Waals surface area contributed by atoms with Crippen LogP contribution in [-0.2, 0) is 4.84 Å². The number of hydrogen-bond acceptors (Lipinski definition) is 3. The molecule has 2 aromatic carbocycles. The third-order valence-corrected chi connectivity index (χ3v) is 3.83. The first-order valence-electron chi connectivity index (χ1n) is 6.62. The Balaban J connectivity index is 1.78. The molecule has 0 amide bonds. The highest BCUT2D eigenvalue weighted by Crippen LogP contribution is 2.45. The Morgan fingerprint density at radius 1 is 0.895 bits per heavy atom. The minimum Gasteiger partial charge on any atom is -0.493 e. The van der Waals surface area contributed by atoms with Gasteiger partial charge < -0.3 is 4.74 Å². The Kier molecular flexibility index (Phi) is 2.45. The lowest BCUT2D eigenvalue weighted by Gasteiger charge is -2.32. The second-order valence-electron chi connectivity index (χ2n) is 5.01. The molecule has 0 aromatic heterocycles. The SMILES string of the molecule is c1ccc(N2OC[C@@H]3COc4ccccc4[C@@H]32)cc1. The summed E-state index contributed by atoms with van der Waals surface area (Å²) in [6, 6.07) is 18.8. The van der Waals surface area contributed by atoms with Crippen LogP contribution in [0.3, 0.4) is 0 Å². The van der Waals surface area contributed by atoms with E-state index >= 15 is 0 Å². The van der Waals surface area contributed by atoms with Crippen LogP contribution < -0.4 is 9.80 Å². The number of hydroxylamine groups is 1. The summed E-state index contributed by atoms with van der Waals surface area (Å²) in [4.78, 5) is 5.90. The summed E-state index contributed by atoms with van der Waals surface area (Å²) in [6.45, 7) is 1.44. The van der Waals surface area contributed by atoms with Crippen molar-refractivity contribution in [3.05, 3.63) is 60.2 Å². The maximum absolute atomic E-state index is 5.90. The molecule has 0 spiro atoms. The minimum atomic E-state index is 0.257. The fourth-order valence-electron chi connectivity index (χ4n) is 2.92. The van der Waals surface area contributed by atoms with Crippen LogP contribution in [0, 0.1) is 5.92 Å². The standard InChI is InChI=1S/C16H15NO2/c1-2-6-13(7-3-1)17-16-12(11-19-17)10-18-15-9-5-4-8-14(15)16/h1-9,12,16H,10-11H2/t12-,16+/m0/s1. The maximum Gasteiger partial charge on any atom is 0.124 e. The molecule has 0 aliphatic carbocycles. The summed E-state index contributed by atoms with van der Waals surface area (Å²) in [5, 5.41) is 2.03. The average Bonchev–Trinajstić information content (AvgIpc) is 2.92. The number of fused-ring (bicyclic) bond motifs is 3. The maximum atomic E-state index is 5.90. The summed E-state index contributed by atoms with van der Waals surface area (Å²) in [6.07, 6.45) is 0. The van der Waals surface area contributed by atoms with E-state index in [9.17, 15) is 0 Å². The van der Waals surface area contributed by atoms with E-state index in [0.29, 0.717) is 12.5 Å². The summed E-state index contributed by atoms with van der Waals surface area (Å²) < 4.78 is 5.81. The number of benzene rings is 2. The van der Waals surface area contributed by atoms with Gasteiger partial charge >= 0.3 is 0 Å². The molecule has 0 saturated carbocycles. The highest BCUT2D eigenvalue weighted by atomic mass is 16.7. The quantitative estimate of drug-likeness (QED) is 0.779. The Labute approximate surface area is 112 Å². The van der Waals surface area contributed by atoms with Crippen molar-refractivity contribution in [1.29, 1.82) is 0 Å². The number of nitrogens with zero attached hydrogens (tertiary/aromatic N) is 1. The minimum absolute atomic E-state index is 0.257. The zero-order chi connectivity index (χ0) is 12.7. The van der Waals surface area contributed by atoms with E-state index in [-0.39, 0.29) is 6.04 Å². The molecule has 0 bridgehead atoms. The largest absolute Gasteiger partial charge is 0.493 e. The molecule has 1 fully saturated rings. The Hall–Kier alpha value is -2.00. The van der Waals surface area contributed by atoms with E-state index in [1.54, 1.807) is 0 Å². The molecular weight excluding hydrogens is 238 g/mol. The van der Waals surface area contributed by atoms with E-state index in [4.69, 9.17) is 9.57 Å². The lowest BCUT2D eigenvalue weighted by molar-refractivity contribution is 0.146. The van der Waals surface area contributed by atoms with Crippen molar-refractivity contribution in [2.45, 2.75) is 6.04 Å². The van der Waals surface area contributed by atoms with Gasteiger partial charge in [0, 0.05) is 11.5 Å². The molecule has 1 saturated heterocycles. The smallest absolute Gasteiger partial charge is 0.124 e. The van der Waals surface area contributed by atoms with Crippen molar-refractivity contribution in [3.63, 3.8) is 0 Å². The molecule has 3 heteroatoms. The van der Waals surface area contributed by atoms with Gasteiger partial charge in [-0.25, -0.2) is 5.06 Å². The molecule has 4 rings (SSSR count). The molecule has 2 aliphatic rings.